The summed E-state index contributed by atoms with van der Waals surface area (Å²) >= 11 is 5.96. The molecule has 1 atom stereocenters. The summed E-state index contributed by atoms with van der Waals surface area (Å²) in [6.45, 7) is 9.47. The van der Waals surface area contributed by atoms with Crippen molar-refractivity contribution >= 4 is 29.1 Å². The minimum absolute atomic E-state index is 0.0876. The van der Waals surface area contributed by atoms with Gasteiger partial charge in [-0.15, -0.1) is 0 Å². The fraction of sp³-hybridized carbons (Fsp3) is 0.611. The summed E-state index contributed by atoms with van der Waals surface area (Å²) in [4.78, 5) is 14.2. The van der Waals surface area contributed by atoms with E-state index < -0.39 is 5.60 Å². The van der Waals surface area contributed by atoms with Crippen LogP contribution in [0.4, 0.5) is 16.2 Å². The number of halogens is 1. The topological polar surface area (TPSA) is 67.6 Å². The lowest BCUT2D eigenvalue weighted by Gasteiger charge is -2.37. The zero-order chi connectivity index (χ0) is 17.9. The van der Waals surface area contributed by atoms with E-state index in [4.69, 9.17) is 22.1 Å². The molecule has 1 saturated heterocycles. The molecule has 5 nitrogen and oxygen atoms in total. The molecule has 1 aliphatic rings. The number of carbonyl (C=O) groups is 1. The molecule has 1 amide bonds. The molecule has 0 radical (unpaired) electrons. The molecule has 1 aliphatic heterocycles. The van der Waals surface area contributed by atoms with Crippen LogP contribution in [0.3, 0.4) is 0 Å². The van der Waals surface area contributed by atoms with Gasteiger partial charge in [0, 0.05) is 24.2 Å². The van der Waals surface area contributed by atoms with Gasteiger partial charge in [-0.3, -0.25) is 0 Å². The van der Waals surface area contributed by atoms with Crippen LogP contribution in [0.5, 0.6) is 0 Å². The number of nitrogens with two attached hydrogens (primary N) is 1. The first-order chi connectivity index (χ1) is 11.2. The Morgan fingerprint density at radius 1 is 1.38 bits per heavy atom. The van der Waals surface area contributed by atoms with E-state index in [1.807, 2.05) is 39.8 Å². The first kappa shape index (κ1) is 18.7. The normalized spacial score (nSPS) is 17.5. The summed E-state index contributed by atoms with van der Waals surface area (Å²) in [5.74, 6) is 0.433. The van der Waals surface area contributed by atoms with Crippen molar-refractivity contribution in [3.63, 3.8) is 0 Å². The highest BCUT2D eigenvalue weighted by Crippen LogP contribution is 2.31. The van der Waals surface area contributed by atoms with Crippen LogP contribution in [-0.4, -0.2) is 30.8 Å². The second-order valence-electron chi connectivity index (χ2n) is 7.46. The molecule has 0 spiro atoms. The molecular weight excluding hydrogens is 326 g/mol. The number of benzene rings is 1. The van der Waals surface area contributed by atoms with Crippen molar-refractivity contribution in [1.29, 1.82) is 0 Å². The van der Waals surface area contributed by atoms with Crippen molar-refractivity contribution in [2.24, 2.45) is 5.92 Å². The van der Waals surface area contributed by atoms with Gasteiger partial charge < -0.3 is 20.7 Å². The SMILES string of the molecule is C[C@H](NC(=O)OC(C)(C)C)C1CCN(c2ccc(Cl)cc2N)CC1. The van der Waals surface area contributed by atoms with Crippen molar-refractivity contribution in [1.82, 2.24) is 5.32 Å². The van der Waals surface area contributed by atoms with Gasteiger partial charge in [-0.1, -0.05) is 11.6 Å². The number of nitrogen functional groups attached to an aromatic ring is 1. The lowest BCUT2D eigenvalue weighted by molar-refractivity contribution is 0.0487. The summed E-state index contributed by atoms with van der Waals surface area (Å²) in [5.41, 5.74) is 7.34. The van der Waals surface area contributed by atoms with Gasteiger partial charge in [0.25, 0.3) is 0 Å². The first-order valence-corrected chi connectivity index (χ1v) is 8.83. The van der Waals surface area contributed by atoms with Crippen LogP contribution >= 0.6 is 11.6 Å². The molecule has 0 saturated carbocycles. The third-order valence-electron chi connectivity index (χ3n) is 4.32. The monoisotopic (exact) mass is 353 g/mol. The molecule has 134 valence electrons. The fourth-order valence-corrected chi connectivity index (χ4v) is 3.25. The predicted molar refractivity (Wildman–Crippen MR) is 99.6 cm³/mol. The van der Waals surface area contributed by atoms with Gasteiger partial charge in [-0.2, -0.15) is 0 Å². The molecular formula is C18H28ClN3O2. The van der Waals surface area contributed by atoms with Gasteiger partial charge in [-0.25, -0.2) is 4.79 Å². The molecule has 0 unspecified atom stereocenters. The van der Waals surface area contributed by atoms with E-state index in [0.717, 1.165) is 31.6 Å². The van der Waals surface area contributed by atoms with Gasteiger partial charge in [-0.05, 0) is 64.7 Å². The maximum atomic E-state index is 11.9. The zero-order valence-electron chi connectivity index (χ0n) is 14.9. The summed E-state index contributed by atoms with van der Waals surface area (Å²) in [7, 11) is 0. The molecule has 3 N–H and O–H groups in total. The number of ether oxygens (including phenoxy) is 1. The van der Waals surface area contributed by atoms with Gasteiger partial charge in [0.1, 0.15) is 5.60 Å². The minimum atomic E-state index is -0.473. The molecule has 1 aromatic carbocycles. The number of nitrogens with one attached hydrogen (secondary N) is 1. The van der Waals surface area contributed by atoms with Crippen molar-refractivity contribution in [3.05, 3.63) is 23.2 Å². The Morgan fingerprint density at radius 2 is 2.00 bits per heavy atom. The number of carbonyl (C=O) groups excluding carboxylic acids is 1. The number of rotatable bonds is 3. The van der Waals surface area contributed by atoms with E-state index >= 15 is 0 Å². The lowest BCUT2D eigenvalue weighted by atomic mass is 9.90. The standard InChI is InChI=1S/C18H28ClN3O2/c1-12(21-17(23)24-18(2,3)4)13-7-9-22(10-8-13)16-6-5-14(19)11-15(16)20/h5-6,11-13H,7-10,20H2,1-4H3,(H,21,23)/t12-/m0/s1. The Bertz CT molecular complexity index is 578. The lowest BCUT2D eigenvalue weighted by Crippen LogP contribution is -2.45. The van der Waals surface area contributed by atoms with E-state index in [1.165, 1.54) is 0 Å². The Morgan fingerprint density at radius 3 is 2.54 bits per heavy atom. The van der Waals surface area contributed by atoms with Crippen LogP contribution in [0.1, 0.15) is 40.5 Å². The number of hydrogen-bond donors (Lipinski definition) is 2. The van der Waals surface area contributed by atoms with Gasteiger partial charge in [0.05, 0.1) is 11.4 Å². The van der Waals surface area contributed by atoms with Crippen LogP contribution in [0.15, 0.2) is 18.2 Å². The fourth-order valence-electron chi connectivity index (χ4n) is 3.07. The Balaban J connectivity index is 1.87. The zero-order valence-corrected chi connectivity index (χ0v) is 15.7. The summed E-state index contributed by atoms with van der Waals surface area (Å²) in [6, 6.07) is 5.71. The van der Waals surface area contributed by atoms with Crippen molar-refractivity contribution in [3.8, 4) is 0 Å². The molecule has 24 heavy (non-hydrogen) atoms. The molecule has 1 aromatic rings. The van der Waals surface area contributed by atoms with E-state index in [-0.39, 0.29) is 12.1 Å². The maximum Gasteiger partial charge on any atom is 0.407 e. The predicted octanol–water partition coefficient (Wildman–Crippen LogP) is 4.05. The number of piperidine rings is 1. The molecule has 0 bridgehead atoms. The number of nitrogens with zero attached hydrogens (tertiary/aromatic N) is 1. The highest BCUT2D eigenvalue weighted by atomic mass is 35.5. The summed E-state index contributed by atoms with van der Waals surface area (Å²) in [5, 5.41) is 3.61. The third kappa shape index (κ3) is 5.20. The Labute approximate surface area is 149 Å². The third-order valence-corrected chi connectivity index (χ3v) is 4.56. The number of amides is 1. The van der Waals surface area contributed by atoms with E-state index in [9.17, 15) is 4.79 Å². The van der Waals surface area contributed by atoms with E-state index in [1.54, 1.807) is 6.07 Å². The summed E-state index contributed by atoms with van der Waals surface area (Å²) < 4.78 is 5.33. The average Bonchev–Trinajstić information content (AvgIpc) is 2.45. The number of anilines is 2. The van der Waals surface area contributed by atoms with Gasteiger partial charge in [0.15, 0.2) is 0 Å². The van der Waals surface area contributed by atoms with E-state index in [2.05, 4.69) is 10.2 Å². The van der Waals surface area contributed by atoms with Crippen LogP contribution in [-0.2, 0) is 4.74 Å². The highest BCUT2D eigenvalue weighted by Gasteiger charge is 2.27. The highest BCUT2D eigenvalue weighted by molar-refractivity contribution is 6.31. The number of alkyl carbamates (subject to hydrolysis) is 1. The van der Waals surface area contributed by atoms with Crippen molar-refractivity contribution in [2.75, 3.05) is 23.7 Å². The number of hydrogen-bond acceptors (Lipinski definition) is 4. The molecule has 1 heterocycles. The van der Waals surface area contributed by atoms with E-state index in [0.29, 0.717) is 16.6 Å². The van der Waals surface area contributed by atoms with Crippen LogP contribution < -0.4 is 16.0 Å². The van der Waals surface area contributed by atoms with Crippen molar-refractivity contribution < 1.29 is 9.53 Å². The maximum absolute atomic E-state index is 11.9. The first-order valence-electron chi connectivity index (χ1n) is 8.45. The quantitative estimate of drug-likeness (QED) is 0.804. The largest absolute Gasteiger partial charge is 0.444 e. The Hall–Kier alpha value is -1.62. The van der Waals surface area contributed by atoms with Gasteiger partial charge >= 0.3 is 6.09 Å². The Kier molecular flexibility index (Phi) is 5.86. The molecule has 6 heteroatoms. The molecule has 2 rings (SSSR count). The second-order valence-corrected chi connectivity index (χ2v) is 7.90. The molecule has 1 fully saturated rings. The smallest absolute Gasteiger partial charge is 0.407 e. The van der Waals surface area contributed by atoms with Crippen molar-refractivity contribution in [2.45, 2.75) is 52.2 Å². The minimum Gasteiger partial charge on any atom is -0.444 e. The average molecular weight is 354 g/mol. The van der Waals surface area contributed by atoms with Gasteiger partial charge in [0.2, 0.25) is 0 Å². The molecule has 0 aliphatic carbocycles. The summed E-state index contributed by atoms with van der Waals surface area (Å²) in [6.07, 6.45) is 1.65. The van der Waals surface area contributed by atoms with Crippen LogP contribution in [0.25, 0.3) is 0 Å². The molecule has 0 aromatic heterocycles. The van der Waals surface area contributed by atoms with Crippen LogP contribution in [0, 0.1) is 5.92 Å². The second kappa shape index (κ2) is 7.51. The van der Waals surface area contributed by atoms with Crippen LogP contribution in [0.2, 0.25) is 5.02 Å².